The highest BCUT2D eigenvalue weighted by Crippen LogP contribution is 2.38. The van der Waals surface area contributed by atoms with Crippen LogP contribution in [0.3, 0.4) is 0 Å². The number of nitrogens with zero attached hydrogens (tertiary/aromatic N) is 4. The molecule has 9 nitrogen and oxygen atoms in total. The number of benzene rings is 1. The van der Waals surface area contributed by atoms with Crippen molar-refractivity contribution in [2.24, 2.45) is 0 Å². The molecule has 0 unspecified atom stereocenters. The smallest absolute Gasteiger partial charge is 0.255 e. The molecule has 2 heterocycles. The molecule has 0 atom stereocenters. The summed E-state index contributed by atoms with van der Waals surface area (Å²) in [6, 6.07) is 6.26. The average Bonchev–Trinajstić information content (AvgIpc) is 3.47. The summed E-state index contributed by atoms with van der Waals surface area (Å²) >= 11 is 0. The van der Waals surface area contributed by atoms with Crippen LogP contribution >= 0.6 is 0 Å². The van der Waals surface area contributed by atoms with Crippen LogP contribution in [-0.2, 0) is 21.3 Å². The molecule has 0 N–H and O–H groups in total. The van der Waals surface area contributed by atoms with E-state index in [2.05, 4.69) is 10.1 Å². The van der Waals surface area contributed by atoms with E-state index in [0.29, 0.717) is 30.8 Å². The molecule has 0 radical (unpaired) electrons. The first kappa shape index (κ1) is 19.0. The molecule has 1 saturated carbocycles. The van der Waals surface area contributed by atoms with Crippen molar-refractivity contribution in [3.8, 4) is 0 Å². The highest BCUT2D eigenvalue weighted by molar-refractivity contribution is 7.89. The van der Waals surface area contributed by atoms with Gasteiger partial charge in [0.05, 0.1) is 30.2 Å². The number of amides is 1. The number of morpholine rings is 1. The van der Waals surface area contributed by atoms with Crippen molar-refractivity contribution >= 4 is 15.9 Å². The van der Waals surface area contributed by atoms with Crippen molar-refractivity contribution in [2.75, 3.05) is 33.4 Å². The van der Waals surface area contributed by atoms with Gasteiger partial charge in [-0.2, -0.15) is 9.29 Å². The summed E-state index contributed by atoms with van der Waals surface area (Å²) in [5.41, 5.74) is 0.127. The van der Waals surface area contributed by atoms with E-state index in [-0.39, 0.29) is 30.1 Å². The Morgan fingerprint density at radius 2 is 1.96 bits per heavy atom. The van der Waals surface area contributed by atoms with Gasteiger partial charge in [-0.05, 0) is 25.0 Å². The Balaban J connectivity index is 1.55. The van der Waals surface area contributed by atoms with Crippen molar-refractivity contribution in [2.45, 2.75) is 30.2 Å². The Labute approximate surface area is 163 Å². The second-order valence-corrected chi connectivity index (χ2v) is 8.90. The molecule has 28 heavy (non-hydrogen) atoms. The van der Waals surface area contributed by atoms with Crippen molar-refractivity contribution < 1.29 is 22.5 Å². The lowest BCUT2D eigenvalue weighted by Gasteiger charge is -2.27. The normalized spacial score (nSPS) is 18.2. The third-order valence-corrected chi connectivity index (χ3v) is 6.80. The molecule has 1 amide bonds. The lowest BCUT2D eigenvalue weighted by Crippen LogP contribution is -2.41. The fraction of sp³-hybridized carbons (Fsp3) is 0.500. The zero-order chi connectivity index (χ0) is 19.7. The molecular weight excluding hydrogens is 384 g/mol. The van der Waals surface area contributed by atoms with E-state index in [0.717, 1.165) is 12.8 Å². The van der Waals surface area contributed by atoms with Crippen LogP contribution in [0.4, 0.5) is 0 Å². The lowest BCUT2D eigenvalue weighted by molar-refractivity contribution is 0.0727. The van der Waals surface area contributed by atoms with Gasteiger partial charge >= 0.3 is 0 Å². The van der Waals surface area contributed by atoms with E-state index in [9.17, 15) is 13.2 Å². The number of rotatable bonds is 6. The molecule has 1 aliphatic heterocycles. The number of sulfonamides is 1. The van der Waals surface area contributed by atoms with Gasteiger partial charge in [-0.15, -0.1) is 0 Å². The number of carbonyl (C=O) groups is 1. The van der Waals surface area contributed by atoms with Crippen molar-refractivity contribution in [3.05, 3.63) is 41.5 Å². The maximum Gasteiger partial charge on any atom is 0.255 e. The number of carbonyl (C=O) groups excluding carboxylic acids is 1. The van der Waals surface area contributed by atoms with E-state index in [1.165, 1.54) is 21.3 Å². The maximum absolute atomic E-state index is 13.0. The Bertz CT molecular complexity index is 964. The molecular formula is C18H22N4O5S. The predicted octanol–water partition coefficient (Wildman–Crippen LogP) is 1.24. The monoisotopic (exact) mass is 406 g/mol. The van der Waals surface area contributed by atoms with Crippen molar-refractivity contribution in [1.82, 2.24) is 19.3 Å². The number of aromatic nitrogens is 2. The maximum atomic E-state index is 13.0. The second-order valence-electron chi connectivity index (χ2n) is 7.00. The first-order valence-electron chi connectivity index (χ1n) is 9.21. The number of hydrogen-bond donors (Lipinski definition) is 0. The minimum absolute atomic E-state index is 0.000492. The van der Waals surface area contributed by atoms with Gasteiger partial charge in [-0.3, -0.25) is 4.79 Å². The summed E-state index contributed by atoms with van der Waals surface area (Å²) in [5.74, 6) is 0.935. The van der Waals surface area contributed by atoms with Crippen LogP contribution in [0.5, 0.6) is 0 Å². The van der Waals surface area contributed by atoms with Crippen molar-refractivity contribution in [3.63, 3.8) is 0 Å². The first-order chi connectivity index (χ1) is 13.5. The lowest BCUT2D eigenvalue weighted by atomic mass is 10.2. The molecule has 1 saturated heterocycles. The first-order valence-corrected chi connectivity index (χ1v) is 10.7. The van der Waals surface area contributed by atoms with E-state index in [1.807, 2.05) is 0 Å². The van der Waals surface area contributed by atoms with Crippen LogP contribution in [0, 0.1) is 0 Å². The third kappa shape index (κ3) is 3.80. The molecule has 4 rings (SSSR count). The van der Waals surface area contributed by atoms with Gasteiger partial charge in [0.15, 0.2) is 5.82 Å². The zero-order valence-electron chi connectivity index (χ0n) is 15.6. The molecule has 0 spiro atoms. The molecule has 150 valence electrons. The molecule has 0 bridgehead atoms. The van der Waals surface area contributed by atoms with E-state index < -0.39 is 15.9 Å². The summed E-state index contributed by atoms with van der Waals surface area (Å²) in [5, 5.41) is 3.92. The fourth-order valence-electron chi connectivity index (χ4n) is 3.11. The second kappa shape index (κ2) is 7.61. The molecule has 1 aromatic carbocycles. The predicted molar refractivity (Wildman–Crippen MR) is 98.1 cm³/mol. The molecule has 1 aromatic heterocycles. The summed E-state index contributed by atoms with van der Waals surface area (Å²) in [4.78, 5) is 18.7. The van der Waals surface area contributed by atoms with Crippen LogP contribution in [0.1, 0.15) is 40.8 Å². The minimum Gasteiger partial charge on any atom is -0.379 e. The molecule has 2 fully saturated rings. The average molecular weight is 406 g/mol. The fourth-order valence-corrected chi connectivity index (χ4v) is 4.70. The quantitative estimate of drug-likeness (QED) is 0.710. The Hall–Kier alpha value is -2.30. The van der Waals surface area contributed by atoms with Gasteiger partial charge in [0, 0.05) is 26.1 Å². The summed E-state index contributed by atoms with van der Waals surface area (Å²) in [6.07, 6.45) is 2.09. The van der Waals surface area contributed by atoms with Gasteiger partial charge in [-0.1, -0.05) is 17.3 Å². The van der Waals surface area contributed by atoms with Crippen LogP contribution in [-0.4, -0.2) is 67.0 Å². The Morgan fingerprint density at radius 1 is 1.25 bits per heavy atom. The number of hydrogen-bond acceptors (Lipinski definition) is 7. The Morgan fingerprint density at radius 3 is 2.68 bits per heavy atom. The molecule has 10 heteroatoms. The van der Waals surface area contributed by atoms with E-state index in [4.69, 9.17) is 9.26 Å². The zero-order valence-corrected chi connectivity index (χ0v) is 16.4. The number of ether oxygens (including phenoxy) is 1. The SMILES string of the molecule is CN(Cc1noc(C2CC2)n1)C(=O)c1ccccc1S(=O)(=O)N1CCOCC1. The van der Waals surface area contributed by atoms with Crippen molar-refractivity contribution in [1.29, 1.82) is 0 Å². The van der Waals surface area contributed by atoms with Crippen LogP contribution in [0.15, 0.2) is 33.7 Å². The summed E-state index contributed by atoms with van der Waals surface area (Å²) in [7, 11) is -2.20. The molecule has 2 aromatic rings. The topological polar surface area (TPSA) is 106 Å². The molecule has 2 aliphatic rings. The highest BCUT2D eigenvalue weighted by Gasteiger charge is 2.32. The summed E-state index contributed by atoms with van der Waals surface area (Å²) < 4.78 is 37.9. The third-order valence-electron chi connectivity index (χ3n) is 4.84. The highest BCUT2D eigenvalue weighted by atomic mass is 32.2. The Kier molecular flexibility index (Phi) is 5.17. The van der Waals surface area contributed by atoms with Crippen LogP contribution < -0.4 is 0 Å². The van der Waals surface area contributed by atoms with Gasteiger partial charge in [-0.25, -0.2) is 8.42 Å². The summed E-state index contributed by atoms with van der Waals surface area (Å²) in [6.45, 7) is 1.37. The van der Waals surface area contributed by atoms with Gasteiger partial charge in [0.2, 0.25) is 15.9 Å². The van der Waals surface area contributed by atoms with Crippen LogP contribution in [0.2, 0.25) is 0 Å². The standard InChI is InChI=1S/C18H22N4O5S/c1-21(12-16-19-17(27-20-16)13-6-7-13)18(23)14-4-2-3-5-15(14)28(24,25)22-8-10-26-11-9-22/h2-5,13H,6-12H2,1H3. The van der Waals surface area contributed by atoms with Crippen LogP contribution in [0.25, 0.3) is 0 Å². The van der Waals surface area contributed by atoms with Gasteiger partial charge in [0.25, 0.3) is 5.91 Å². The minimum atomic E-state index is -3.79. The van der Waals surface area contributed by atoms with Gasteiger partial charge < -0.3 is 14.2 Å². The van der Waals surface area contributed by atoms with E-state index >= 15 is 0 Å². The molecule has 1 aliphatic carbocycles. The largest absolute Gasteiger partial charge is 0.379 e. The van der Waals surface area contributed by atoms with E-state index in [1.54, 1.807) is 19.2 Å². The van der Waals surface area contributed by atoms with Gasteiger partial charge in [0.1, 0.15) is 0 Å².